The zero-order valence-electron chi connectivity index (χ0n) is 34.0. The van der Waals surface area contributed by atoms with Gasteiger partial charge in [0.25, 0.3) is 0 Å². The van der Waals surface area contributed by atoms with Crippen LogP contribution in [0.2, 0.25) is 0 Å². The van der Waals surface area contributed by atoms with Crippen LogP contribution in [-0.2, 0) is 23.9 Å². The number of carbonyl (C=O) groups excluding carboxylic acids is 3. The molecule has 0 heterocycles. The van der Waals surface area contributed by atoms with Crippen molar-refractivity contribution in [3.63, 3.8) is 0 Å². The highest BCUT2D eigenvalue weighted by atomic mass is 16.6. The zero-order chi connectivity index (χ0) is 37.9. The lowest BCUT2D eigenvalue weighted by molar-refractivity contribution is -0.159. The summed E-state index contributed by atoms with van der Waals surface area (Å²) in [4.78, 5) is 36.6. The number of aliphatic hydroxyl groups excluding tert-OH is 2. The van der Waals surface area contributed by atoms with Crippen molar-refractivity contribution in [2.45, 2.75) is 221 Å². The van der Waals surface area contributed by atoms with Gasteiger partial charge in [-0.1, -0.05) is 163 Å². The third kappa shape index (κ3) is 46.3. The Bertz CT molecular complexity index is 702. The van der Waals surface area contributed by atoms with Gasteiger partial charge in [-0.25, -0.2) is 0 Å². The van der Waals surface area contributed by atoms with E-state index in [1.165, 1.54) is 109 Å². The van der Waals surface area contributed by atoms with Gasteiger partial charge in [0.05, 0.1) is 0 Å². The van der Waals surface area contributed by atoms with Gasteiger partial charge in [-0.15, -0.1) is 0 Å². The Morgan fingerprint density at radius 3 is 1.30 bits per heavy atom. The quantitative estimate of drug-likeness (QED) is 0.0448. The third-order valence-electron chi connectivity index (χ3n) is 8.67. The van der Waals surface area contributed by atoms with Crippen molar-refractivity contribution in [2.75, 3.05) is 26.9 Å². The molecule has 1 unspecified atom stereocenters. The fraction of sp³-hybridized carbons (Fsp3) is 0.929. The summed E-state index contributed by atoms with van der Waals surface area (Å²) < 4.78 is 11.2. The van der Waals surface area contributed by atoms with Gasteiger partial charge in [-0.2, -0.15) is 0 Å². The van der Waals surface area contributed by atoms with Crippen LogP contribution < -0.4 is 5.32 Å². The van der Waals surface area contributed by atoms with E-state index in [1.54, 1.807) is 0 Å². The molecule has 1 atom stereocenters. The van der Waals surface area contributed by atoms with Gasteiger partial charge >= 0.3 is 11.9 Å². The molecule has 0 aliphatic carbocycles. The van der Waals surface area contributed by atoms with Gasteiger partial charge in [-0.05, 0) is 31.6 Å². The number of nitrogens with one attached hydrogen (secondary N) is 1. The topological polar surface area (TPSA) is 122 Å². The van der Waals surface area contributed by atoms with Crippen molar-refractivity contribution in [3.05, 3.63) is 0 Å². The van der Waals surface area contributed by atoms with E-state index in [9.17, 15) is 14.4 Å². The molecular weight excluding hydrogens is 630 g/mol. The Morgan fingerprint density at radius 1 is 0.540 bits per heavy atom. The van der Waals surface area contributed by atoms with Crippen LogP contribution in [0, 0.1) is 5.92 Å². The number of hydrogen-bond donors (Lipinski definition) is 3. The minimum Gasteiger partial charge on any atom is -0.462 e. The van der Waals surface area contributed by atoms with Crippen LogP contribution in [0.3, 0.4) is 0 Å². The van der Waals surface area contributed by atoms with Crippen LogP contribution in [0.1, 0.15) is 214 Å². The summed E-state index contributed by atoms with van der Waals surface area (Å²) in [6, 6.07) is 0. The van der Waals surface area contributed by atoms with Crippen molar-refractivity contribution in [2.24, 2.45) is 5.92 Å². The Hall–Kier alpha value is -1.67. The summed E-state index contributed by atoms with van der Waals surface area (Å²) in [6.45, 7) is 11.5. The van der Waals surface area contributed by atoms with Gasteiger partial charge < -0.3 is 25.0 Å². The van der Waals surface area contributed by atoms with Crippen molar-refractivity contribution in [1.82, 2.24) is 5.32 Å². The molecule has 0 aromatic carbocycles. The maximum Gasteiger partial charge on any atom is 0.306 e. The van der Waals surface area contributed by atoms with E-state index < -0.39 is 6.10 Å². The number of ether oxygens (including phenoxy) is 2. The molecule has 0 rings (SSSR count). The number of aliphatic hydroxyl groups is 2. The van der Waals surface area contributed by atoms with Gasteiger partial charge in [0, 0.05) is 45.9 Å². The molecule has 300 valence electrons. The zero-order valence-corrected chi connectivity index (χ0v) is 34.0. The van der Waals surface area contributed by atoms with E-state index in [4.69, 9.17) is 19.7 Å². The van der Waals surface area contributed by atoms with Crippen LogP contribution in [0.15, 0.2) is 0 Å². The molecule has 0 spiro atoms. The molecule has 50 heavy (non-hydrogen) atoms. The monoisotopic (exact) mass is 716 g/mol. The molecule has 8 nitrogen and oxygen atoms in total. The molecule has 0 radical (unpaired) electrons. The fourth-order valence-electron chi connectivity index (χ4n) is 5.49. The summed E-state index contributed by atoms with van der Waals surface area (Å²) in [5.41, 5.74) is 0. The van der Waals surface area contributed by atoms with Gasteiger partial charge in [0.15, 0.2) is 0 Å². The van der Waals surface area contributed by atoms with Crippen LogP contribution in [0.5, 0.6) is 0 Å². The average molecular weight is 716 g/mol. The van der Waals surface area contributed by atoms with Crippen LogP contribution in [0.4, 0.5) is 0 Å². The maximum atomic E-state index is 12.5. The standard InChI is InChI=1S/C36H69NO5.C5H12O.CH4O/c1-4-7-9-11-13-15-17-19-21-23-25-28-35(39)41-32-33(30-31-37-34(38)27-6-3)42-36(40)29-26-24-22-20-18-16-14-12-10-8-5-2;1-5(2)3-4-6;1-2/h33H,4-32H2,1-3H3,(H,37,38);5-6H,3-4H2,1-2H3;2H,1H3. The molecule has 1 amide bonds. The Labute approximate surface area is 310 Å². The van der Waals surface area contributed by atoms with E-state index in [1.807, 2.05) is 6.92 Å². The number of hydrogen-bond acceptors (Lipinski definition) is 7. The van der Waals surface area contributed by atoms with Crippen LogP contribution in [-0.4, -0.2) is 61.0 Å². The molecule has 8 heteroatoms. The molecule has 0 aliphatic heterocycles. The predicted octanol–water partition coefficient (Wildman–Crippen LogP) is 10.8. The molecule has 0 saturated carbocycles. The van der Waals surface area contributed by atoms with Gasteiger partial charge in [-0.3, -0.25) is 14.4 Å². The van der Waals surface area contributed by atoms with Crippen molar-refractivity contribution in [3.8, 4) is 0 Å². The summed E-state index contributed by atoms with van der Waals surface area (Å²) in [6.07, 6.45) is 30.1. The van der Waals surface area contributed by atoms with E-state index in [0.717, 1.165) is 52.1 Å². The third-order valence-corrected chi connectivity index (χ3v) is 8.67. The first-order valence-corrected chi connectivity index (χ1v) is 21.0. The largest absolute Gasteiger partial charge is 0.462 e. The molecule has 0 bridgehead atoms. The predicted molar refractivity (Wildman–Crippen MR) is 210 cm³/mol. The molecule has 0 aromatic rings. The lowest BCUT2D eigenvalue weighted by atomic mass is 10.1. The van der Waals surface area contributed by atoms with Crippen LogP contribution in [0.25, 0.3) is 0 Å². The highest BCUT2D eigenvalue weighted by Crippen LogP contribution is 2.14. The maximum absolute atomic E-state index is 12.5. The minimum absolute atomic E-state index is 0.00276. The number of esters is 2. The van der Waals surface area contributed by atoms with E-state index >= 15 is 0 Å². The smallest absolute Gasteiger partial charge is 0.306 e. The van der Waals surface area contributed by atoms with Crippen molar-refractivity contribution < 1.29 is 34.1 Å². The molecule has 0 aromatic heterocycles. The Kier molecular flexibility index (Phi) is 47.8. The van der Waals surface area contributed by atoms with Gasteiger partial charge in [0.1, 0.15) is 12.7 Å². The lowest BCUT2D eigenvalue weighted by Crippen LogP contribution is -2.31. The highest BCUT2D eigenvalue weighted by molar-refractivity contribution is 5.75. The molecule has 3 N–H and O–H groups in total. The highest BCUT2D eigenvalue weighted by Gasteiger charge is 2.17. The average Bonchev–Trinajstić information content (AvgIpc) is 3.09. The number of amides is 1. The molecule has 0 aliphatic rings. The van der Waals surface area contributed by atoms with E-state index in [2.05, 4.69) is 33.0 Å². The summed E-state index contributed by atoms with van der Waals surface area (Å²) in [5.74, 6) is 0.177. The van der Waals surface area contributed by atoms with Gasteiger partial charge in [0.2, 0.25) is 5.91 Å². The number of carbonyl (C=O) groups is 3. The normalized spacial score (nSPS) is 11.2. The Balaban J connectivity index is -0.00000247. The summed E-state index contributed by atoms with van der Waals surface area (Å²) in [7, 11) is 1.00. The molecule has 0 fully saturated rings. The lowest BCUT2D eigenvalue weighted by Gasteiger charge is -2.18. The van der Waals surface area contributed by atoms with E-state index in [0.29, 0.717) is 44.8 Å². The van der Waals surface area contributed by atoms with E-state index in [-0.39, 0.29) is 24.5 Å². The second-order valence-electron chi connectivity index (χ2n) is 14.2. The Morgan fingerprint density at radius 2 is 0.940 bits per heavy atom. The minimum atomic E-state index is -0.520. The summed E-state index contributed by atoms with van der Waals surface area (Å²) >= 11 is 0. The first-order valence-electron chi connectivity index (χ1n) is 21.0. The van der Waals surface area contributed by atoms with Crippen molar-refractivity contribution in [1.29, 1.82) is 0 Å². The molecule has 0 saturated heterocycles. The summed E-state index contributed by atoms with van der Waals surface area (Å²) in [5, 5.41) is 18.1. The first kappa shape index (κ1) is 52.7. The second kappa shape index (κ2) is 45.4. The SMILES string of the molecule is CC(C)CCO.CCCCCCCCCCCCCC(=O)OCC(CCNC(=O)CCC)OC(=O)CCCCCCCCCCCCC.CO. The molecular formula is C42H85NO7. The first-order chi connectivity index (χ1) is 24.3. The number of unbranched alkanes of at least 4 members (excludes halogenated alkanes) is 20. The number of rotatable bonds is 34. The fourth-order valence-corrected chi connectivity index (χ4v) is 5.49. The second-order valence-corrected chi connectivity index (χ2v) is 14.2. The van der Waals surface area contributed by atoms with Crippen molar-refractivity contribution >= 4 is 17.8 Å². The van der Waals surface area contributed by atoms with Crippen LogP contribution >= 0.6 is 0 Å².